The average Bonchev–Trinajstić information content (AvgIpc) is 2.61. The summed E-state index contributed by atoms with van der Waals surface area (Å²) in [6, 6.07) is 14.5. The van der Waals surface area contributed by atoms with Gasteiger partial charge in [0.25, 0.3) is 0 Å². The number of rotatable bonds is 2. The Morgan fingerprint density at radius 3 is 2.54 bits per heavy atom. The molecule has 1 N–H and O–H groups in total. The zero-order valence-electron chi connectivity index (χ0n) is 13.8. The number of nitriles is 1. The molecule has 6 nitrogen and oxygen atoms in total. The van der Waals surface area contributed by atoms with E-state index in [9.17, 15) is 20.0 Å². The predicted octanol–water partition coefficient (Wildman–Crippen LogP) is 4.76. The van der Waals surface area contributed by atoms with Crippen molar-refractivity contribution in [2.75, 3.05) is 0 Å². The number of hydrogen-bond acceptors (Lipinski definition) is 3. The van der Waals surface area contributed by atoms with Crippen LogP contribution in [0.3, 0.4) is 0 Å². The minimum absolute atomic E-state index is 0.303. The van der Waals surface area contributed by atoms with E-state index in [1.165, 1.54) is 0 Å². The predicted molar refractivity (Wildman–Crippen MR) is 97.1 cm³/mol. The lowest BCUT2D eigenvalue weighted by Gasteiger charge is -2.33. The Bertz CT molecular complexity index is 947. The lowest BCUT2D eigenvalue weighted by molar-refractivity contribution is 0.129. The van der Waals surface area contributed by atoms with Gasteiger partial charge in [-0.3, -0.25) is 0 Å². The number of imide groups is 1. The molecule has 0 saturated heterocycles. The van der Waals surface area contributed by atoms with Gasteiger partial charge in [0, 0.05) is 10.7 Å². The number of carbonyl (C=O) groups is 2. The van der Waals surface area contributed by atoms with Crippen LogP contribution in [0.15, 0.2) is 53.5 Å². The number of carbonyl (C=O) groups excluding carboxylic acids is 1. The van der Waals surface area contributed by atoms with E-state index in [1.54, 1.807) is 37.3 Å². The van der Waals surface area contributed by atoms with Gasteiger partial charge in [0.1, 0.15) is 5.92 Å². The molecule has 1 aliphatic rings. The fraction of sp³-hybridized carbons (Fsp3) is 0.158. The quantitative estimate of drug-likeness (QED) is 0.827. The first kappa shape index (κ1) is 17.6. The standard InChI is InChI=1S/C19H14ClN3O3/c1-11-16(10-21)17(23(19(25)26)18(24)22-11)14-4-2-3-13(9-14)12-5-7-15(20)8-6-12/h2-9,16-17H,1H3,(H,25,26). The highest BCUT2D eigenvalue weighted by Gasteiger charge is 2.42. The molecule has 0 spiro atoms. The fourth-order valence-corrected chi connectivity index (χ4v) is 3.15. The summed E-state index contributed by atoms with van der Waals surface area (Å²) in [4.78, 5) is 28.0. The van der Waals surface area contributed by atoms with Gasteiger partial charge in [-0.05, 0) is 41.8 Å². The summed E-state index contributed by atoms with van der Waals surface area (Å²) in [7, 11) is 0. The molecular formula is C19H14ClN3O3. The van der Waals surface area contributed by atoms with Gasteiger partial charge in [-0.1, -0.05) is 41.9 Å². The molecule has 1 heterocycles. The molecule has 2 unspecified atom stereocenters. The number of benzene rings is 2. The van der Waals surface area contributed by atoms with Gasteiger partial charge in [-0.25, -0.2) is 19.5 Å². The Balaban J connectivity index is 2.11. The largest absolute Gasteiger partial charge is 0.465 e. The van der Waals surface area contributed by atoms with E-state index < -0.39 is 24.1 Å². The average molecular weight is 368 g/mol. The second kappa shape index (κ2) is 6.98. The molecule has 0 bridgehead atoms. The highest BCUT2D eigenvalue weighted by Crippen LogP contribution is 2.35. The molecule has 130 valence electrons. The van der Waals surface area contributed by atoms with Gasteiger partial charge >= 0.3 is 12.1 Å². The summed E-state index contributed by atoms with van der Waals surface area (Å²) >= 11 is 5.92. The summed E-state index contributed by atoms with van der Waals surface area (Å²) in [6.45, 7) is 1.56. The van der Waals surface area contributed by atoms with Crippen molar-refractivity contribution < 1.29 is 14.7 Å². The van der Waals surface area contributed by atoms with Crippen molar-refractivity contribution in [1.82, 2.24) is 4.90 Å². The second-order valence-electron chi connectivity index (χ2n) is 5.87. The number of aliphatic imine (C=N–C) groups is 1. The summed E-state index contributed by atoms with van der Waals surface area (Å²) in [5, 5.41) is 19.6. The number of halogens is 1. The van der Waals surface area contributed by atoms with Crippen molar-refractivity contribution in [2.24, 2.45) is 10.9 Å². The van der Waals surface area contributed by atoms with Crippen LogP contribution in [-0.2, 0) is 0 Å². The molecule has 0 saturated carbocycles. The van der Waals surface area contributed by atoms with Crippen LogP contribution in [0, 0.1) is 17.2 Å². The molecule has 2 atom stereocenters. The van der Waals surface area contributed by atoms with Crippen LogP contribution in [0.25, 0.3) is 11.1 Å². The third-order valence-corrected chi connectivity index (χ3v) is 4.52. The highest BCUT2D eigenvalue weighted by atomic mass is 35.5. The van der Waals surface area contributed by atoms with Gasteiger partial charge in [0.2, 0.25) is 0 Å². The van der Waals surface area contributed by atoms with Crippen LogP contribution in [-0.4, -0.2) is 27.8 Å². The summed E-state index contributed by atoms with van der Waals surface area (Å²) in [5.41, 5.74) is 2.57. The zero-order chi connectivity index (χ0) is 18.8. The monoisotopic (exact) mass is 367 g/mol. The van der Waals surface area contributed by atoms with Gasteiger partial charge in [-0.15, -0.1) is 0 Å². The molecule has 0 aromatic heterocycles. The topological polar surface area (TPSA) is 93.8 Å². The number of carboxylic acid groups (broad SMARTS) is 1. The van der Waals surface area contributed by atoms with Gasteiger partial charge in [0.15, 0.2) is 0 Å². The van der Waals surface area contributed by atoms with Crippen LogP contribution in [0.1, 0.15) is 18.5 Å². The van der Waals surface area contributed by atoms with Crippen molar-refractivity contribution in [3.8, 4) is 17.2 Å². The number of hydrogen-bond donors (Lipinski definition) is 1. The van der Waals surface area contributed by atoms with Crippen LogP contribution >= 0.6 is 11.6 Å². The Kier molecular flexibility index (Phi) is 4.74. The maximum Gasteiger partial charge on any atom is 0.416 e. The van der Waals surface area contributed by atoms with Gasteiger partial charge < -0.3 is 5.11 Å². The third-order valence-electron chi connectivity index (χ3n) is 4.27. The Hall–Kier alpha value is -3.17. The van der Waals surface area contributed by atoms with Crippen LogP contribution in [0.2, 0.25) is 5.02 Å². The van der Waals surface area contributed by atoms with E-state index in [0.717, 1.165) is 11.1 Å². The van der Waals surface area contributed by atoms with E-state index in [4.69, 9.17) is 11.6 Å². The van der Waals surface area contributed by atoms with Crippen LogP contribution in [0.5, 0.6) is 0 Å². The fourth-order valence-electron chi connectivity index (χ4n) is 3.02. The van der Waals surface area contributed by atoms with E-state index in [0.29, 0.717) is 21.2 Å². The van der Waals surface area contributed by atoms with Crippen molar-refractivity contribution >= 4 is 29.4 Å². The summed E-state index contributed by atoms with van der Waals surface area (Å²) in [6.07, 6.45) is -1.44. The maximum absolute atomic E-state index is 12.1. The smallest absolute Gasteiger partial charge is 0.416 e. The first-order chi connectivity index (χ1) is 12.4. The van der Waals surface area contributed by atoms with Gasteiger partial charge in [0.05, 0.1) is 12.1 Å². The Morgan fingerprint density at radius 1 is 1.23 bits per heavy atom. The van der Waals surface area contributed by atoms with E-state index in [2.05, 4.69) is 11.1 Å². The first-order valence-corrected chi connectivity index (χ1v) is 8.17. The minimum atomic E-state index is -1.44. The second-order valence-corrected chi connectivity index (χ2v) is 6.31. The molecule has 2 aromatic rings. The van der Waals surface area contributed by atoms with Crippen LogP contribution in [0.4, 0.5) is 9.59 Å². The van der Waals surface area contributed by atoms with E-state index >= 15 is 0 Å². The molecule has 3 rings (SSSR count). The molecule has 2 aromatic carbocycles. The van der Waals surface area contributed by atoms with Crippen molar-refractivity contribution in [3.05, 3.63) is 59.1 Å². The molecule has 26 heavy (non-hydrogen) atoms. The molecule has 0 fully saturated rings. The normalized spacial score (nSPS) is 19.7. The number of urea groups is 1. The van der Waals surface area contributed by atoms with E-state index in [-0.39, 0.29) is 0 Å². The molecule has 0 aliphatic carbocycles. The first-order valence-electron chi connectivity index (χ1n) is 7.79. The lowest BCUT2D eigenvalue weighted by Crippen LogP contribution is -2.46. The highest BCUT2D eigenvalue weighted by molar-refractivity contribution is 6.30. The summed E-state index contributed by atoms with van der Waals surface area (Å²) < 4.78 is 0. The van der Waals surface area contributed by atoms with Crippen molar-refractivity contribution in [1.29, 1.82) is 5.26 Å². The Morgan fingerprint density at radius 2 is 1.92 bits per heavy atom. The molecule has 1 aliphatic heterocycles. The summed E-state index contributed by atoms with van der Waals surface area (Å²) in [5.74, 6) is -0.843. The lowest BCUT2D eigenvalue weighted by atomic mass is 9.87. The SMILES string of the molecule is CC1=NC(=O)N(C(=O)O)C(c2cccc(-c3ccc(Cl)cc3)c2)C1C#N. The van der Waals surface area contributed by atoms with Crippen LogP contribution < -0.4 is 0 Å². The van der Waals surface area contributed by atoms with E-state index in [1.807, 2.05) is 18.2 Å². The molecule has 0 radical (unpaired) electrons. The maximum atomic E-state index is 12.1. The van der Waals surface area contributed by atoms with Gasteiger partial charge in [-0.2, -0.15) is 5.26 Å². The Labute approximate surface area is 155 Å². The number of nitrogens with zero attached hydrogens (tertiary/aromatic N) is 3. The van der Waals surface area contributed by atoms with Crippen molar-refractivity contribution in [3.63, 3.8) is 0 Å². The zero-order valence-corrected chi connectivity index (χ0v) is 14.5. The van der Waals surface area contributed by atoms with Crippen molar-refractivity contribution in [2.45, 2.75) is 13.0 Å². The molecule has 3 amide bonds. The third kappa shape index (κ3) is 3.17. The molecular weight excluding hydrogens is 354 g/mol. The number of amides is 3. The minimum Gasteiger partial charge on any atom is -0.465 e. The molecule has 7 heteroatoms.